The van der Waals surface area contributed by atoms with E-state index in [2.05, 4.69) is 0 Å². The Kier molecular flexibility index (Phi) is 1.81. The number of aliphatic hydroxyl groups is 2. The molecule has 4 atom stereocenters. The molecule has 4 heteroatoms. The predicted octanol–water partition coefficient (Wildman–Crippen LogP) is -0.709. The number of hydrogen-bond donors (Lipinski definition) is 2. The molecule has 1 saturated heterocycles. The van der Waals surface area contributed by atoms with Crippen molar-refractivity contribution in [2.24, 2.45) is 11.8 Å². The van der Waals surface area contributed by atoms with Crippen molar-refractivity contribution >= 4 is 5.97 Å². The van der Waals surface area contributed by atoms with E-state index in [9.17, 15) is 15.0 Å². The van der Waals surface area contributed by atoms with E-state index in [-0.39, 0.29) is 30.8 Å². The van der Waals surface area contributed by atoms with E-state index in [4.69, 9.17) is 4.74 Å². The fourth-order valence-corrected chi connectivity index (χ4v) is 2.07. The first-order valence-electron chi connectivity index (χ1n) is 4.20. The SMILES string of the molecule is O=C1C[C@H]2C[C@@H](CO1)[C@H](O)[C@@H]2O. The Morgan fingerprint density at radius 2 is 1.92 bits per heavy atom. The molecule has 0 amide bonds. The number of ether oxygens (including phenoxy) is 1. The third-order valence-corrected chi connectivity index (χ3v) is 2.81. The number of rotatable bonds is 0. The van der Waals surface area contributed by atoms with Crippen LogP contribution in [0.2, 0.25) is 0 Å². The lowest BCUT2D eigenvalue weighted by atomic mass is 10.0. The molecule has 2 aliphatic rings. The molecule has 0 aromatic rings. The summed E-state index contributed by atoms with van der Waals surface area (Å²) < 4.78 is 4.85. The Morgan fingerprint density at radius 3 is 2.67 bits per heavy atom. The second-order valence-corrected chi connectivity index (χ2v) is 3.62. The van der Waals surface area contributed by atoms with Gasteiger partial charge in [-0.3, -0.25) is 4.79 Å². The summed E-state index contributed by atoms with van der Waals surface area (Å²) in [5.41, 5.74) is 0. The minimum absolute atomic E-state index is 0.0588. The minimum Gasteiger partial charge on any atom is -0.465 e. The van der Waals surface area contributed by atoms with Gasteiger partial charge in [-0.05, 0) is 12.3 Å². The summed E-state index contributed by atoms with van der Waals surface area (Å²) in [7, 11) is 0. The van der Waals surface area contributed by atoms with Crippen molar-refractivity contribution < 1.29 is 19.7 Å². The van der Waals surface area contributed by atoms with Crippen LogP contribution in [0, 0.1) is 11.8 Å². The number of cyclic esters (lactones) is 1. The van der Waals surface area contributed by atoms with Crippen LogP contribution in [-0.4, -0.2) is 35.0 Å². The smallest absolute Gasteiger partial charge is 0.306 e. The molecular weight excluding hydrogens is 160 g/mol. The first-order chi connectivity index (χ1) is 5.68. The molecule has 0 radical (unpaired) electrons. The molecule has 0 aromatic heterocycles. The highest BCUT2D eigenvalue weighted by molar-refractivity contribution is 5.70. The fraction of sp³-hybridized carbons (Fsp3) is 0.875. The summed E-state index contributed by atoms with van der Waals surface area (Å²) in [6.45, 7) is 0.258. The van der Waals surface area contributed by atoms with Crippen molar-refractivity contribution in [1.29, 1.82) is 0 Å². The van der Waals surface area contributed by atoms with E-state index < -0.39 is 12.2 Å². The third kappa shape index (κ3) is 1.11. The number of esters is 1. The third-order valence-electron chi connectivity index (χ3n) is 2.81. The van der Waals surface area contributed by atoms with Gasteiger partial charge in [-0.2, -0.15) is 0 Å². The quantitative estimate of drug-likeness (QED) is 0.474. The maximum absolute atomic E-state index is 10.9. The van der Waals surface area contributed by atoms with Gasteiger partial charge in [-0.15, -0.1) is 0 Å². The minimum atomic E-state index is -0.733. The van der Waals surface area contributed by atoms with Gasteiger partial charge in [0, 0.05) is 5.92 Å². The Bertz CT molecular complexity index is 203. The molecule has 2 rings (SSSR count). The summed E-state index contributed by atoms with van der Waals surface area (Å²) in [5.74, 6) is -0.412. The number of carbonyl (C=O) groups excluding carboxylic acids is 1. The number of aliphatic hydroxyl groups excluding tert-OH is 2. The van der Waals surface area contributed by atoms with Crippen LogP contribution in [0.25, 0.3) is 0 Å². The molecule has 68 valence electrons. The largest absolute Gasteiger partial charge is 0.465 e. The Morgan fingerprint density at radius 1 is 1.25 bits per heavy atom. The van der Waals surface area contributed by atoms with Crippen LogP contribution >= 0.6 is 0 Å². The Balaban J connectivity index is 2.15. The average Bonchev–Trinajstić information content (AvgIpc) is 2.28. The zero-order chi connectivity index (χ0) is 8.72. The van der Waals surface area contributed by atoms with E-state index in [1.54, 1.807) is 0 Å². The van der Waals surface area contributed by atoms with Crippen molar-refractivity contribution in [3.8, 4) is 0 Å². The average molecular weight is 172 g/mol. The van der Waals surface area contributed by atoms with Gasteiger partial charge in [0.1, 0.15) is 0 Å². The molecule has 2 fully saturated rings. The first-order valence-corrected chi connectivity index (χ1v) is 4.20. The molecule has 1 saturated carbocycles. The number of fused-ring (bicyclic) bond motifs is 2. The Labute approximate surface area is 70.1 Å². The number of carbonyl (C=O) groups is 1. The molecule has 2 N–H and O–H groups in total. The van der Waals surface area contributed by atoms with Gasteiger partial charge in [0.2, 0.25) is 0 Å². The molecule has 12 heavy (non-hydrogen) atoms. The van der Waals surface area contributed by atoms with Gasteiger partial charge < -0.3 is 14.9 Å². The first kappa shape index (κ1) is 8.01. The lowest BCUT2D eigenvalue weighted by molar-refractivity contribution is -0.148. The molecule has 1 aliphatic heterocycles. The van der Waals surface area contributed by atoms with Crippen LogP contribution in [0.1, 0.15) is 12.8 Å². The van der Waals surface area contributed by atoms with Gasteiger partial charge in [-0.25, -0.2) is 0 Å². The Hall–Kier alpha value is -0.610. The predicted molar refractivity (Wildman–Crippen MR) is 39.2 cm³/mol. The summed E-state index contributed by atoms with van der Waals surface area (Å²) in [6, 6.07) is 0. The topological polar surface area (TPSA) is 66.8 Å². The second kappa shape index (κ2) is 2.71. The van der Waals surface area contributed by atoms with E-state index in [0.717, 1.165) is 0 Å². The van der Waals surface area contributed by atoms with Crippen LogP contribution in [0.5, 0.6) is 0 Å². The van der Waals surface area contributed by atoms with Crippen molar-refractivity contribution in [3.63, 3.8) is 0 Å². The highest BCUT2D eigenvalue weighted by atomic mass is 16.5. The molecule has 1 aliphatic carbocycles. The van der Waals surface area contributed by atoms with Crippen molar-refractivity contribution in [1.82, 2.24) is 0 Å². The van der Waals surface area contributed by atoms with Crippen molar-refractivity contribution in [2.75, 3.05) is 6.61 Å². The summed E-state index contributed by atoms with van der Waals surface area (Å²) in [5, 5.41) is 18.9. The highest BCUT2D eigenvalue weighted by Crippen LogP contribution is 2.36. The van der Waals surface area contributed by atoms with Gasteiger partial charge in [0.05, 0.1) is 25.2 Å². The second-order valence-electron chi connectivity index (χ2n) is 3.62. The molecule has 4 nitrogen and oxygen atoms in total. The molecule has 1 heterocycles. The zero-order valence-electron chi connectivity index (χ0n) is 6.64. The van der Waals surface area contributed by atoms with Crippen LogP contribution in [0.3, 0.4) is 0 Å². The molecule has 0 spiro atoms. The van der Waals surface area contributed by atoms with Crippen molar-refractivity contribution in [3.05, 3.63) is 0 Å². The standard InChI is InChI=1S/C8H12O4/c9-6-2-4-1-5(3-12-6)8(11)7(4)10/h4-5,7-8,10-11H,1-3H2/t4-,5+,7-,8+/m1/s1. The van der Waals surface area contributed by atoms with Gasteiger partial charge in [0.25, 0.3) is 0 Å². The van der Waals surface area contributed by atoms with E-state index in [0.29, 0.717) is 6.42 Å². The van der Waals surface area contributed by atoms with Crippen molar-refractivity contribution in [2.45, 2.75) is 25.0 Å². The normalized spacial score (nSPS) is 47.0. The monoisotopic (exact) mass is 172 g/mol. The lowest BCUT2D eigenvalue weighted by Gasteiger charge is -2.19. The fourth-order valence-electron chi connectivity index (χ4n) is 2.07. The van der Waals surface area contributed by atoms with Gasteiger partial charge >= 0.3 is 5.97 Å². The molecule has 0 unspecified atom stereocenters. The zero-order valence-corrected chi connectivity index (χ0v) is 6.64. The van der Waals surface area contributed by atoms with Crippen LogP contribution in [0.15, 0.2) is 0 Å². The van der Waals surface area contributed by atoms with Gasteiger partial charge in [0.15, 0.2) is 0 Å². The summed E-state index contributed by atoms with van der Waals surface area (Å²) in [4.78, 5) is 10.9. The maximum atomic E-state index is 10.9. The maximum Gasteiger partial charge on any atom is 0.306 e. The molecular formula is C8H12O4. The highest BCUT2D eigenvalue weighted by Gasteiger charge is 2.44. The van der Waals surface area contributed by atoms with Crippen LogP contribution in [-0.2, 0) is 9.53 Å². The number of hydrogen-bond acceptors (Lipinski definition) is 4. The van der Waals surface area contributed by atoms with E-state index >= 15 is 0 Å². The van der Waals surface area contributed by atoms with Crippen LogP contribution in [0.4, 0.5) is 0 Å². The molecule has 2 bridgehead atoms. The summed E-state index contributed by atoms with van der Waals surface area (Å²) >= 11 is 0. The van der Waals surface area contributed by atoms with Crippen LogP contribution < -0.4 is 0 Å². The lowest BCUT2D eigenvalue weighted by Crippen LogP contribution is -2.33. The summed E-state index contributed by atoms with van der Waals surface area (Å²) in [6.07, 6.45) is -0.492. The van der Waals surface area contributed by atoms with E-state index in [1.165, 1.54) is 0 Å². The van der Waals surface area contributed by atoms with Gasteiger partial charge in [-0.1, -0.05) is 0 Å². The molecule has 0 aromatic carbocycles. The van der Waals surface area contributed by atoms with E-state index in [1.807, 2.05) is 0 Å².